The van der Waals surface area contributed by atoms with E-state index in [0.29, 0.717) is 12.4 Å². The van der Waals surface area contributed by atoms with Gasteiger partial charge in [0.2, 0.25) is 5.91 Å². The molecule has 4 nitrogen and oxygen atoms in total. The minimum Gasteiger partial charge on any atom is -0.344 e. The molecule has 0 bridgehead atoms. The maximum absolute atomic E-state index is 12.0. The molecule has 2 heterocycles. The molecule has 1 aromatic carbocycles. The van der Waals surface area contributed by atoms with Gasteiger partial charge in [0.05, 0.1) is 0 Å². The highest BCUT2D eigenvalue weighted by molar-refractivity contribution is 6.03. The van der Waals surface area contributed by atoms with Gasteiger partial charge < -0.3 is 9.80 Å². The molecule has 1 saturated heterocycles. The van der Waals surface area contributed by atoms with E-state index in [-0.39, 0.29) is 11.9 Å². The number of benzene rings is 1. The zero-order valence-corrected chi connectivity index (χ0v) is 9.81. The van der Waals surface area contributed by atoms with Crippen LogP contribution in [0.3, 0.4) is 0 Å². The number of hydrogen-bond acceptors (Lipinski definition) is 2. The fourth-order valence-corrected chi connectivity index (χ4v) is 2.67. The van der Waals surface area contributed by atoms with E-state index in [4.69, 9.17) is 5.41 Å². The molecule has 0 aromatic heterocycles. The number of carbonyl (C=O) groups excluding carboxylic acids is 1. The van der Waals surface area contributed by atoms with Crippen LogP contribution in [0.5, 0.6) is 0 Å². The Morgan fingerprint density at radius 2 is 2.12 bits per heavy atom. The second-order valence-corrected chi connectivity index (χ2v) is 4.70. The molecule has 3 rings (SSSR count). The van der Waals surface area contributed by atoms with E-state index in [9.17, 15) is 4.79 Å². The maximum atomic E-state index is 12.0. The number of fused-ring (bicyclic) bond motifs is 1. The van der Waals surface area contributed by atoms with E-state index in [1.807, 2.05) is 36.2 Å². The lowest BCUT2D eigenvalue weighted by Gasteiger charge is -2.24. The predicted molar refractivity (Wildman–Crippen MR) is 64.9 cm³/mol. The zero-order chi connectivity index (χ0) is 12.0. The van der Waals surface area contributed by atoms with Crippen molar-refractivity contribution >= 4 is 11.7 Å². The molecule has 4 heteroatoms. The molecule has 2 aliphatic heterocycles. The zero-order valence-electron chi connectivity index (χ0n) is 9.81. The Balaban J connectivity index is 1.90. The van der Waals surface area contributed by atoms with Crippen molar-refractivity contribution in [3.63, 3.8) is 0 Å². The van der Waals surface area contributed by atoms with E-state index in [2.05, 4.69) is 0 Å². The first kappa shape index (κ1) is 10.3. The molecule has 1 atom stereocenters. The monoisotopic (exact) mass is 229 g/mol. The van der Waals surface area contributed by atoms with Crippen LogP contribution in [0.15, 0.2) is 24.3 Å². The van der Waals surface area contributed by atoms with E-state index in [1.165, 1.54) is 0 Å². The minimum atomic E-state index is -0.139. The number of likely N-dealkylation sites (N-methyl/N-ethyl adjacent to an activating group) is 1. The summed E-state index contributed by atoms with van der Waals surface area (Å²) in [5, 5.41) is 8.16. The summed E-state index contributed by atoms with van der Waals surface area (Å²) >= 11 is 0. The van der Waals surface area contributed by atoms with E-state index in [1.54, 1.807) is 4.90 Å². The van der Waals surface area contributed by atoms with Crippen molar-refractivity contribution in [3.05, 3.63) is 35.4 Å². The van der Waals surface area contributed by atoms with Crippen LogP contribution in [0.4, 0.5) is 0 Å². The molecule has 0 saturated carbocycles. The second-order valence-electron chi connectivity index (χ2n) is 4.70. The number of amidine groups is 1. The molecule has 0 radical (unpaired) electrons. The van der Waals surface area contributed by atoms with Crippen molar-refractivity contribution in [1.82, 2.24) is 9.80 Å². The number of rotatable bonds is 1. The normalized spacial score (nSPS) is 23.5. The number of nitrogens with zero attached hydrogens (tertiary/aromatic N) is 2. The summed E-state index contributed by atoms with van der Waals surface area (Å²) in [6.07, 6.45) is 0.825. The molecule has 17 heavy (non-hydrogen) atoms. The van der Waals surface area contributed by atoms with Crippen LogP contribution >= 0.6 is 0 Å². The summed E-state index contributed by atoms with van der Waals surface area (Å²) in [6.45, 7) is 1.49. The summed E-state index contributed by atoms with van der Waals surface area (Å²) in [5.41, 5.74) is 2.12. The third-order valence-electron chi connectivity index (χ3n) is 3.68. The quantitative estimate of drug-likeness (QED) is 0.782. The first-order valence-corrected chi connectivity index (χ1v) is 5.87. The molecular weight excluding hydrogens is 214 g/mol. The van der Waals surface area contributed by atoms with E-state index >= 15 is 0 Å². The number of nitrogens with one attached hydrogen (secondary N) is 1. The fourth-order valence-electron chi connectivity index (χ4n) is 2.67. The van der Waals surface area contributed by atoms with Crippen LogP contribution in [0.25, 0.3) is 0 Å². The molecule has 1 fully saturated rings. The third-order valence-corrected chi connectivity index (χ3v) is 3.68. The van der Waals surface area contributed by atoms with Crippen LogP contribution < -0.4 is 0 Å². The van der Waals surface area contributed by atoms with Gasteiger partial charge in [0, 0.05) is 25.7 Å². The predicted octanol–water partition coefficient (Wildman–Crippen LogP) is 1.06. The van der Waals surface area contributed by atoms with Gasteiger partial charge in [0.1, 0.15) is 11.9 Å². The summed E-state index contributed by atoms with van der Waals surface area (Å²) < 4.78 is 0. The molecule has 1 amide bonds. The highest BCUT2D eigenvalue weighted by Crippen LogP contribution is 2.27. The molecule has 1 aromatic rings. The number of carbonyl (C=O) groups is 1. The van der Waals surface area contributed by atoms with Crippen molar-refractivity contribution in [3.8, 4) is 0 Å². The van der Waals surface area contributed by atoms with Gasteiger partial charge in [-0.25, -0.2) is 0 Å². The Kier molecular flexibility index (Phi) is 2.18. The van der Waals surface area contributed by atoms with Crippen LogP contribution in [0.2, 0.25) is 0 Å². The molecule has 2 aliphatic rings. The maximum Gasteiger partial charge on any atom is 0.245 e. The van der Waals surface area contributed by atoms with Gasteiger partial charge in [0.15, 0.2) is 0 Å². The number of amides is 1. The van der Waals surface area contributed by atoms with Crippen LogP contribution in [0.1, 0.15) is 17.5 Å². The van der Waals surface area contributed by atoms with Gasteiger partial charge >= 0.3 is 0 Å². The summed E-state index contributed by atoms with van der Waals surface area (Å²) in [6, 6.07) is 7.78. The molecule has 88 valence electrons. The molecule has 1 N–H and O–H groups in total. The van der Waals surface area contributed by atoms with Crippen molar-refractivity contribution in [1.29, 1.82) is 5.41 Å². The fraction of sp³-hybridized carbons (Fsp3) is 0.385. The van der Waals surface area contributed by atoms with E-state index in [0.717, 1.165) is 24.1 Å². The van der Waals surface area contributed by atoms with Crippen molar-refractivity contribution in [2.45, 2.75) is 19.0 Å². The first-order chi connectivity index (χ1) is 8.18. The first-order valence-electron chi connectivity index (χ1n) is 5.87. The minimum absolute atomic E-state index is 0.139. The van der Waals surface area contributed by atoms with Gasteiger partial charge in [-0.3, -0.25) is 10.2 Å². The van der Waals surface area contributed by atoms with Gasteiger partial charge in [-0.2, -0.15) is 0 Å². The molecule has 0 aliphatic carbocycles. The number of hydrogen-bond donors (Lipinski definition) is 1. The van der Waals surface area contributed by atoms with E-state index < -0.39 is 0 Å². The Morgan fingerprint density at radius 3 is 2.76 bits per heavy atom. The Labute approximate surface area is 100 Å². The van der Waals surface area contributed by atoms with Crippen molar-refractivity contribution in [2.24, 2.45) is 0 Å². The average Bonchev–Trinajstić information content (AvgIpc) is 2.83. The average molecular weight is 229 g/mol. The Bertz CT molecular complexity index is 497. The summed E-state index contributed by atoms with van der Waals surface area (Å²) in [7, 11) is 1.83. The summed E-state index contributed by atoms with van der Waals surface area (Å²) in [4.78, 5) is 15.7. The lowest BCUT2D eigenvalue weighted by molar-refractivity contribution is -0.130. The standard InChI is InChI=1S/C13H15N3O/c1-15-7-6-11(13(15)17)16-8-9-4-2-3-5-10(9)12(16)14/h2-5,11,14H,6-8H2,1H3. The van der Waals surface area contributed by atoms with Crippen LogP contribution in [-0.4, -0.2) is 41.2 Å². The van der Waals surface area contributed by atoms with Gasteiger partial charge in [-0.15, -0.1) is 0 Å². The largest absolute Gasteiger partial charge is 0.344 e. The third kappa shape index (κ3) is 1.44. The number of likely N-dealkylation sites (tertiary alicyclic amines) is 1. The topological polar surface area (TPSA) is 47.4 Å². The Morgan fingerprint density at radius 1 is 1.35 bits per heavy atom. The lowest BCUT2D eigenvalue weighted by atomic mass is 10.1. The lowest BCUT2D eigenvalue weighted by Crippen LogP contribution is -2.41. The van der Waals surface area contributed by atoms with Crippen LogP contribution in [0, 0.1) is 5.41 Å². The SMILES string of the molecule is CN1CCC(N2Cc3ccccc3C2=N)C1=O. The Hall–Kier alpha value is -1.84. The molecular formula is C13H15N3O. The molecule has 0 spiro atoms. The van der Waals surface area contributed by atoms with Crippen molar-refractivity contribution < 1.29 is 4.79 Å². The molecule has 1 unspecified atom stereocenters. The summed E-state index contributed by atoms with van der Waals surface area (Å²) in [5.74, 6) is 0.636. The van der Waals surface area contributed by atoms with Gasteiger partial charge in [-0.1, -0.05) is 24.3 Å². The van der Waals surface area contributed by atoms with Crippen LogP contribution in [-0.2, 0) is 11.3 Å². The van der Waals surface area contributed by atoms with Gasteiger partial charge in [-0.05, 0) is 12.0 Å². The second kappa shape index (κ2) is 3.58. The smallest absolute Gasteiger partial charge is 0.245 e. The highest BCUT2D eigenvalue weighted by Gasteiger charge is 2.38. The van der Waals surface area contributed by atoms with Crippen molar-refractivity contribution in [2.75, 3.05) is 13.6 Å². The van der Waals surface area contributed by atoms with Gasteiger partial charge in [0.25, 0.3) is 0 Å². The highest BCUT2D eigenvalue weighted by atomic mass is 16.2.